The van der Waals surface area contributed by atoms with Gasteiger partial charge in [0.1, 0.15) is 0 Å². The van der Waals surface area contributed by atoms with E-state index in [1.54, 1.807) is 12.1 Å². The maximum Gasteiger partial charge on any atom is 0.236 e. The zero-order valence-electron chi connectivity index (χ0n) is 9.98. The van der Waals surface area contributed by atoms with E-state index in [2.05, 4.69) is 0 Å². The molecule has 0 aromatic heterocycles. The van der Waals surface area contributed by atoms with Crippen LogP contribution in [0.1, 0.15) is 19.4 Å². The number of hydrogen-bond donors (Lipinski definition) is 2. The SMILES string of the molecule is CC(C)N(CC(N)=O)c1cccc(Cl)c1CO. The molecule has 0 fully saturated rings. The van der Waals surface area contributed by atoms with Crippen LogP contribution in [-0.2, 0) is 11.4 Å². The highest BCUT2D eigenvalue weighted by Crippen LogP contribution is 2.28. The number of benzene rings is 1. The lowest BCUT2D eigenvalue weighted by Crippen LogP contribution is -2.39. The Bertz CT molecular complexity index is 407. The average Bonchev–Trinajstić information content (AvgIpc) is 2.25. The number of aliphatic hydroxyl groups is 1. The van der Waals surface area contributed by atoms with E-state index in [0.717, 1.165) is 5.69 Å². The van der Waals surface area contributed by atoms with Crippen LogP contribution >= 0.6 is 11.6 Å². The molecule has 1 amide bonds. The highest BCUT2D eigenvalue weighted by molar-refractivity contribution is 6.31. The molecule has 0 spiro atoms. The highest BCUT2D eigenvalue weighted by atomic mass is 35.5. The number of carbonyl (C=O) groups is 1. The largest absolute Gasteiger partial charge is 0.392 e. The van der Waals surface area contributed by atoms with Crippen LogP contribution in [0.5, 0.6) is 0 Å². The van der Waals surface area contributed by atoms with Crippen LogP contribution in [-0.4, -0.2) is 23.6 Å². The minimum Gasteiger partial charge on any atom is -0.392 e. The molecule has 0 heterocycles. The van der Waals surface area contributed by atoms with Crippen LogP contribution in [0.3, 0.4) is 0 Å². The van der Waals surface area contributed by atoms with Crippen molar-refractivity contribution in [1.82, 2.24) is 0 Å². The molecule has 4 nitrogen and oxygen atoms in total. The number of carbonyl (C=O) groups excluding carboxylic acids is 1. The van der Waals surface area contributed by atoms with E-state index in [1.165, 1.54) is 0 Å². The standard InChI is InChI=1S/C12H17ClN2O2/c1-8(2)15(6-12(14)17)11-5-3-4-10(13)9(11)7-16/h3-5,8,16H,6-7H2,1-2H3,(H2,14,17). The molecule has 3 N–H and O–H groups in total. The normalized spacial score (nSPS) is 10.6. The number of primary amides is 1. The first-order valence-electron chi connectivity index (χ1n) is 5.40. The van der Waals surface area contributed by atoms with Gasteiger partial charge in [-0.15, -0.1) is 0 Å². The number of nitrogens with two attached hydrogens (primary N) is 1. The minimum absolute atomic E-state index is 0.0891. The number of nitrogens with zero attached hydrogens (tertiary/aromatic N) is 1. The van der Waals surface area contributed by atoms with Gasteiger partial charge >= 0.3 is 0 Å². The molecular weight excluding hydrogens is 240 g/mol. The lowest BCUT2D eigenvalue weighted by Gasteiger charge is -2.29. The zero-order chi connectivity index (χ0) is 13.0. The number of amides is 1. The van der Waals surface area contributed by atoms with Gasteiger partial charge in [-0.2, -0.15) is 0 Å². The molecule has 17 heavy (non-hydrogen) atoms. The number of rotatable bonds is 5. The predicted molar refractivity (Wildman–Crippen MR) is 69.1 cm³/mol. The Hall–Kier alpha value is -1.26. The Balaban J connectivity index is 3.18. The molecule has 0 aliphatic carbocycles. The van der Waals surface area contributed by atoms with Crippen LogP contribution < -0.4 is 10.6 Å². The molecule has 0 unspecified atom stereocenters. The lowest BCUT2D eigenvalue weighted by molar-refractivity contribution is -0.116. The maximum absolute atomic E-state index is 11.1. The third-order valence-corrected chi connectivity index (χ3v) is 2.87. The maximum atomic E-state index is 11.1. The monoisotopic (exact) mass is 256 g/mol. The molecule has 0 aliphatic heterocycles. The topological polar surface area (TPSA) is 66.6 Å². The quantitative estimate of drug-likeness (QED) is 0.840. The van der Waals surface area contributed by atoms with Gasteiger partial charge in [-0.3, -0.25) is 4.79 Å². The van der Waals surface area contributed by atoms with Crippen molar-refractivity contribution in [2.45, 2.75) is 26.5 Å². The average molecular weight is 257 g/mol. The molecule has 0 radical (unpaired) electrons. The summed E-state index contributed by atoms with van der Waals surface area (Å²) in [6.07, 6.45) is 0. The molecule has 5 heteroatoms. The van der Waals surface area contributed by atoms with Gasteiger partial charge in [0.2, 0.25) is 5.91 Å². The molecule has 0 atom stereocenters. The Morgan fingerprint density at radius 3 is 2.65 bits per heavy atom. The fourth-order valence-corrected chi connectivity index (χ4v) is 1.92. The minimum atomic E-state index is -0.414. The second kappa shape index (κ2) is 5.89. The van der Waals surface area contributed by atoms with E-state index in [1.807, 2.05) is 24.8 Å². The number of hydrogen-bond acceptors (Lipinski definition) is 3. The van der Waals surface area contributed by atoms with E-state index in [4.69, 9.17) is 17.3 Å². The highest BCUT2D eigenvalue weighted by Gasteiger charge is 2.17. The third-order valence-electron chi connectivity index (χ3n) is 2.51. The molecule has 0 saturated carbocycles. The van der Waals surface area contributed by atoms with Gasteiger partial charge in [0.15, 0.2) is 0 Å². The Kier molecular flexibility index (Phi) is 4.78. The van der Waals surface area contributed by atoms with Crippen LogP contribution in [0, 0.1) is 0 Å². The molecule has 0 bridgehead atoms. The number of halogens is 1. The van der Waals surface area contributed by atoms with E-state index >= 15 is 0 Å². The summed E-state index contributed by atoms with van der Waals surface area (Å²) in [5.74, 6) is -0.414. The molecule has 94 valence electrons. The van der Waals surface area contributed by atoms with Gasteiger partial charge in [0.05, 0.1) is 13.2 Å². The van der Waals surface area contributed by atoms with Crippen molar-refractivity contribution >= 4 is 23.2 Å². The summed E-state index contributed by atoms with van der Waals surface area (Å²) >= 11 is 6.01. The second-order valence-corrected chi connectivity index (χ2v) is 4.49. The summed E-state index contributed by atoms with van der Waals surface area (Å²) in [4.78, 5) is 12.9. The molecular formula is C12H17ClN2O2. The summed E-state index contributed by atoms with van der Waals surface area (Å²) < 4.78 is 0. The van der Waals surface area contributed by atoms with Gasteiger partial charge in [0, 0.05) is 22.3 Å². The van der Waals surface area contributed by atoms with Gasteiger partial charge < -0.3 is 15.7 Å². The molecule has 0 saturated heterocycles. The zero-order valence-corrected chi connectivity index (χ0v) is 10.7. The first-order chi connectivity index (χ1) is 7.97. The summed E-state index contributed by atoms with van der Waals surface area (Å²) in [6.45, 7) is 3.83. The van der Waals surface area contributed by atoms with Crippen molar-refractivity contribution in [3.63, 3.8) is 0 Å². The number of aliphatic hydroxyl groups excluding tert-OH is 1. The fraction of sp³-hybridized carbons (Fsp3) is 0.417. The van der Waals surface area contributed by atoms with E-state index in [-0.39, 0.29) is 19.2 Å². The second-order valence-electron chi connectivity index (χ2n) is 4.08. The van der Waals surface area contributed by atoms with Crippen LogP contribution in [0.15, 0.2) is 18.2 Å². The van der Waals surface area contributed by atoms with Crippen molar-refractivity contribution in [3.8, 4) is 0 Å². The smallest absolute Gasteiger partial charge is 0.236 e. The summed E-state index contributed by atoms with van der Waals surface area (Å²) in [7, 11) is 0. The van der Waals surface area contributed by atoms with Crippen molar-refractivity contribution < 1.29 is 9.90 Å². The molecule has 1 aromatic carbocycles. The van der Waals surface area contributed by atoms with E-state index in [0.29, 0.717) is 10.6 Å². The summed E-state index contributed by atoms with van der Waals surface area (Å²) in [6, 6.07) is 5.40. The third kappa shape index (κ3) is 3.35. The summed E-state index contributed by atoms with van der Waals surface area (Å²) in [5, 5.41) is 9.82. The predicted octanol–water partition coefficient (Wildman–Crippen LogP) is 1.53. The molecule has 0 aliphatic rings. The van der Waals surface area contributed by atoms with Crippen molar-refractivity contribution in [2.75, 3.05) is 11.4 Å². The van der Waals surface area contributed by atoms with E-state index < -0.39 is 5.91 Å². The first kappa shape index (κ1) is 13.8. The van der Waals surface area contributed by atoms with Gasteiger partial charge in [-0.25, -0.2) is 0 Å². The molecule has 1 rings (SSSR count). The van der Waals surface area contributed by atoms with Gasteiger partial charge in [-0.05, 0) is 26.0 Å². The Labute approximate surface area is 106 Å². The van der Waals surface area contributed by atoms with Crippen molar-refractivity contribution in [1.29, 1.82) is 0 Å². The fourth-order valence-electron chi connectivity index (χ4n) is 1.69. The van der Waals surface area contributed by atoms with Crippen LogP contribution in [0.4, 0.5) is 5.69 Å². The van der Waals surface area contributed by atoms with E-state index in [9.17, 15) is 9.90 Å². The van der Waals surface area contributed by atoms with Crippen LogP contribution in [0.25, 0.3) is 0 Å². The van der Waals surface area contributed by atoms with Crippen molar-refractivity contribution in [2.24, 2.45) is 5.73 Å². The Morgan fingerprint density at radius 1 is 1.53 bits per heavy atom. The van der Waals surface area contributed by atoms with Crippen LogP contribution in [0.2, 0.25) is 5.02 Å². The summed E-state index contributed by atoms with van der Waals surface area (Å²) in [5.41, 5.74) is 6.58. The lowest BCUT2D eigenvalue weighted by atomic mass is 10.1. The van der Waals surface area contributed by atoms with Gasteiger partial charge in [-0.1, -0.05) is 17.7 Å². The first-order valence-corrected chi connectivity index (χ1v) is 5.78. The number of anilines is 1. The Morgan fingerprint density at radius 2 is 2.18 bits per heavy atom. The van der Waals surface area contributed by atoms with Crippen molar-refractivity contribution in [3.05, 3.63) is 28.8 Å². The van der Waals surface area contributed by atoms with Gasteiger partial charge in [0.25, 0.3) is 0 Å². The molecule has 1 aromatic rings.